The van der Waals surface area contributed by atoms with Gasteiger partial charge in [0.1, 0.15) is 0 Å². The predicted molar refractivity (Wildman–Crippen MR) is 126 cm³/mol. The van der Waals surface area contributed by atoms with Crippen LogP contribution >= 0.6 is 11.8 Å². The molecule has 4 rings (SSSR count). The second-order valence-electron chi connectivity index (χ2n) is 7.53. The summed E-state index contributed by atoms with van der Waals surface area (Å²) in [5.74, 6) is 3.00. The Bertz CT molecular complexity index is 1270. The Morgan fingerprint density at radius 2 is 2.06 bits per heavy atom. The second-order valence-corrected chi connectivity index (χ2v) is 8.47. The van der Waals surface area contributed by atoms with Gasteiger partial charge in [0.2, 0.25) is 0 Å². The van der Waals surface area contributed by atoms with Gasteiger partial charge in [-0.25, -0.2) is 4.98 Å². The van der Waals surface area contributed by atoms with Crippen molar-refractivity contribution in [1.29, 1.82) is 0 Å². The summed E-state index contributed by atoms with van der Waals surface area (Å²) in [7, 11) is 0. The molecule has 0 radical (unpaired) electrons. The van der Waals surface area contributed by atoms with E-state index in [1.165, 1.54) is 11.8 Å². The Labute approximate surface area is 186 Å². The largest absolute Gasteiger partial charge is 0.289 e. The first-order chi connectivity index (χ1) is 15.0. The van der Waals surface area contributed by atoms with Crippen molar-refractivity contribution in [2.24, 2.45) is 0 Å². The van der Waals surface area contributed by atoms with Gasteiger partial charge in [-0.05, 0) is 24.0 Å². The predicted octanol–water partition coefficient (Wildman–Crippen LogP) is 4.71. The van der Waals surface area contributed by atoms with Gasteiger partial charge in [-0.1, -0.05) is 73.1 Å². The van der Waals surface area contributed by atoms with E-state index >= 15 is 0 Å². The molecule has 0 bridgehead atoms. The van der Waals surface area contributed by atoms with Gasteiger partial charge < -0.3 is 0 Å². The molecule has 0 amide bonds. The lowest BCUT2D eigenvalue weighted by Gasteiger charge is -2.26. The molecule has 0 fully saturated rings. The Morgan fingerprint density at radius 1 is 1.29 bits per heavy atom. The van der Waals surface area contributed by atoms with Crippen LogP contribution in [0.4, 0.5) is 0 Å². The zero-order valence-electron chi connectivity index (χ0n) is 17.3. The van der Waals surface area contributed by atoms with Gasteiger partial charge in [0.05, 0.1) is 11.4 Å². The molecule has 1 atom stereocenters. The molecular formula is C26H22N2O2S. The van der Waals surface area contributed by atoms with Crippen LogP contribution in [0.25, 0.3) is 11.3 Å². The number of aromatic nitrogens is 2. The molecule has 5 heteroatoms. The van der Waals surface area contributed by atoms with Crippen LogP contribution < -0.4 is 5.56 Å². The molecule has 0 spiro atoms. The van der Waals surface area contributed by atoms with Gasteiger partial charge in [0, 0.05) is 28.8 Å². The average molecular weight is 427 g/mol. The highest BCUT2D eigenvalue weighted by molar-refractivity contribution is 7.99. The second kappa shape index (κ2) is 8.79. The molecule has 1 aliphatic carbocycles. The highest BCUT2D eigenvalue weighted by atomic mass is 32.2. The van der Waals surface area contributed by atoms with Gasteiger partial charge in [0.25, 0.3) is 5.56 Å². The molecular weight excluding hydrogens is 404 g/mol. The molecule has 0 saturated carbocycles. The van der Waals surface area contributed by atoms with Crippen molar-refractivity contribution < 1.29 is 4.79 Å². The average Bonchev–Trinajstić information content (AvgIpc) is 2.79. The highest BCUT2D eigenvalue weighted by Crippen LogP contribution is 2.38. The number of hydrogen-bond acceptors (Lipinski definition) is 4. The number of rotatable bonds is 6. The third-order valence-electron chi connectivity index (χ3n) is 5.44. The zero-order chi connectivity index (χ0) is 22.0. The van der Waals surface area contributed by atoms with Gasteiger partial charge >= 0.3 is 0 Å². The summed E-state index contributed by atoms with van der Waals surface area (Å²) in [5, 5.41) is 0.589. The minimum absolute atomic E-state index is 0.00711. The summed E-state index contributed by atoms with van der Waals surface area (Å²) < 4.78 is 1.64. The lowest BCUT2D eigenvalue weighted by molar-refractivity contribution is 0.103. The Kier molecular flexibility index (Phi) is 5.92. The maximum Gasteiger partial charge on any atom is 0.258 e. The summed E-state index contributed by atoms with van der Waals surface area (Å²) >= 11 is 1.37. The van der Waals surface area contributed by atoms with Gasteiger partial charge in [-0.2, -0.15) is 0 Å². The summed E-state index contributed by atoms with van der Waals surface area (Å²) in [6, 6.07) is 14.9. The lowest BCUT2D eigenvalue weighted by atomic mass is 9.81. The number of carbonyl (C=O) groups is 1. The van der Waals surface area contributed by atoms with Crippen molar-refractivity contribution in [2.45, 2.75) is 31.0 Å². The standard InChI is InChI=1S/C26H22N2O2S/c1-4-13-28-25(30)22-17(3)15-20-16-19(24(29)18-9-7-6-8-10-18)11-12-21(20)23(22)27-26(28)31-14-5-2/h2,4,6-12,16-17H,1,13-15H2,3H3. The molecule has 2 aromatic carbocycles. The SMILES string of the molecule is C#CCSc1nc2c(c(=O)n1CC=C)C(C)Cc1cc(C(=O)c3ccccc3)ccc1-2. The van der Waals surface area contributed by atoms with E-state index < -0.39 is 0 Å². The molecule has 0 saturated heterocycles. The molecule has 4 nitrogen and oxygen atoms in total. The molecule has 1 aliphatic rings. The number of ketones is 1. The van der Waals surface area contributed by atoms with Crippen LogP contribution in [-0.2, 0) is 13.0 Å². The third kappa shape index (κ3) is 3.87. The van der Waals surface area contributed by atoms with Crippen LogP contribution in [-0.4, -0.2) is 21.1 Å². The number of hydrogen-bond donors (Lipinski definition) is 0. The van der Waals surface area contributed by atoms with Crippen LogP contribution in [0.1, 0.15) is 39.9 Å². The van der Waals surface area contributed by atoms with Crippen molar-refractivity contribution in [3.63, 3.8) is 0 Å². The van der Waals surface area contributed by atoms with E-state index in [0.717, 1.165) is 11.1 Å². The van der Waals surface area contributed by atoms with E-state index in [1.807, 2.05) is 55.5 Å². The number of terminal acetylenes is 1. The molecule has 0 aliphatic heterocycles. The van der Waals surface area contributed by atoms with E-state index in [1.54, 1.807) is 10.6 Å². The topological polar surface area (TPSA) is 52.0 Å². The maximum atomic E-state index is 13.3. The minimum atomic E-state index is -0.0491. The molecule has 0 N–H and O–H groups in total. The van der Waals surface area contributed by atoms with Gasteiger partial charge in [-0.3, -0.25) is 14.2 Å². The summed E-state index contributed by atoms with van der Waals surface area (Å²) in [5.41, 5.74) is 4.59. The number of carbonyl (C=O) groups excluding carboxylic acids is 1. The van der Waals surface area contributed by atoms with E-state index in [2.05, 4.69) is 12.5 Å². The van der Waals surface area contributed by atoms with Crippen LogP contribution in [0, 0.1) is 12.3 Å². The van der Waals surface area contributed by atoms with Crippen LogP contribution in [0.2, 0.25) is 0 Å². The van der Waals surface area contributed by atoms with Crippen molar-refractivity contribution in [3.05, 3.63) is 93.8 Å². The normalized spacial score (nSPS) is 14.3. The fourth-order valence-corrected chi connectivity index (χ4v) is 4.71. The highest BCUT2D eigenvalue weighted by Gasteiger charge is 2.29. The van der Waals surface area contributed by atoms with E-state index in [4.69, 9.17) is 11.4 Å². The number of benzene rings is 2. The first-order valence-corrected chi connectivity index (χ1v) is 11.1. The molecule has 1 aromatic heterocycles. The Hall–Kier alpha value is -3.36. The summed E-state index contributed by atoms with van der Waals surface area (Å²) in [4.78, 5) is 31.1. The van der Waals surface area contributed by atoms with Crippen molar-refractivity contribution in [1.82, 2.24) is 9.55 Å². The monoisotopic (exact) mass is 426 g/mol. The zero-order valence-corrected chi connectivity index (χ0v) is 18.1. The molecule has 3 aromatic rings. The van der Waals surface area contributed by atoms with Crippen molar-refractivity contribution >= 4 is 17.5 Å². The molecule has 1 heterocycles. The lowest BCUT2D eigenvalue weighted by Crippen LogP contribution is -2.30. The van der Waals surface area contributed by atoms with Crippen LogP contribution in [0.5, 0.6) is 0 Å². The van der Waals surface area contributed by atoms with Crippen LogP contribution in [0.15, 0.2) is 71.1 Å². The third-order valence-corrected chi connectivity index (χ3v) is 6.32. The summed E-state index contributed by atoms with van der Waals surface area (Å²) in [6.45, 7) is 6.18. The molecule has 31 heavy (non-hydrogen) atoms. The van der Waals surface area contributed by atoms with E-state index in [9.17, 15) is 9.59 Å². The van der Waals surface area contributed by atoms with Crippen molar-refractivity contribution in [2.75, 3.05) is 5.75 Å². The fourth-order valence-electron chi connectivity index (χ4n) is 4.03. The first kappa shape index (κ1) is 20.9. The summed E-state index contributed by atoms with van der Waals surface area (Å²) in [6.07, 6.45) is 7.80. The minimum Gasteiger partial charge on any atom is -0.289 e. The Balaban J connectivity index is 1.84. The molecule has 154 valence electrons. The molecule has 1 unspecified atom stereocenters. The van der Waals surface area contributed by atoms with E-state index in [-0.39, 0.29) is 17.3 Å². The number of thioether (sulfide) groups is 1. The quantitative estimate of drug-likeness (QED) is 0.188. The van der Waals surface area contributed by atoms with E-state index in [0.29, 0.717) is 46.3 Å². The van der Waals surface area contributed by atoms with Crippen LogP contribution in [0.3, 0.4) is 0 Å². The maximum absolute atomic E-state index is 13.3. The van der Waals surface area contributed by atoms with Gasteiger partial charge in [-0.15, -0.1) is 13.0 Å². The number of allylic oxidation sites excluding steroid dienone is 1. The first-order valence-electron chi connectivity index (χ1n) is 10.1. The number of fused-ring (bicyclic) bond motifs is 3. The Morgan fingerprint density at radius 3 is 2.77 bits per heavy atom. The fraction of sp³-hybridized carbons (Fsp3) is 0.192. The smallest absolute Gasteiger partial charge is 0.258 e. The number of nitrogens with zero attached hydrogens (tertiary/aromatic N) is 2. The van der Waals surface area contributed by atoms with Gasteiger partial charge in [0.15, 0.2) is 10.9 Å². The van der Waals surface area contributed by atoms with Crippen molar-refractivity contribution in [3.8, 4) is 23.6 Å².